The van der Waals surface area contributed by atoms with Crippen molar-refractivity contribution in [1.29, 1.82) is 0 Å². The third-order valence-corrected chi connectivity index (χ3v) is 7.34. The Hall–Kier alpha value is -7.18. The van der Waals surface area contributed by atoms with Gasteiger partial charge in [-0.05, 0) is 84.9 Å². The Morgan fingerprint density at radius 3 is 1.33 bits per heavy atom. The minimum Gasteiger partial charge on any atom is -0.491 e. The number of hydrogen-bond donors (Lipinski definition) is 5. The fourth-order valence-electron chi connectivity index (χ4n) is 4.55. The first-order chi connectivity index (χ1) is 28.2. The molecule has 6 aromatic rings. The smallest absolute Gasteiger partial charge is 0.269 e. The van der Waals surface area contributed by atoms with Gasteiger partial charge in [0, 0.05) is 54.8 Å². The first kappa shape index (κ1) is 43.5. The zero-order chi connectivity index (χ0) is 41.7. The SMILES string of the molecule is CC.COCCOc1ccc(Nc2ncc(F)c(Nc3ccc(N)cc3)n2)cc1.COCCOc1ccc(Nc2ncc(F)c(Nc3ccc([N+](=O)[O-])cc3)n2)cc1. The lowest BCUT2D eigenvalue weighted by Gasteiger charge is -2.10. The van der Waals surface area contributed by atoms with Gasteiger partial charge in [-0.2, -0.15) is 9.97 Å². The summed E-state index contributed by atoms with van der Waals surface area (Å²) in [5.41, 5.74) is 8.79. The molecule has 0 bridgehead atoms. The molecule has 0 fully saturated rings. The summed E-state index contributed by atoms with van der Waals surface area (Å²) in [4.78, 5) is 26.4. The van der Waals surface area contributed by atoms with Crippen LogP contribution in [-0.4, -0.2) is 65.5 Å². The molecule has 0 aliphatic heterocycles. The Bertz CT molecular complexity index is 2150. The molecule has 0 amide bonds. The van der Waals surface area contributed by atoms with Crippen molar-refractivity contribution >= 4 is 57.7 Å². The molecule has 0 spiro atoms. The second kappa shape index (κ2) is 23.0. The normalized spacial score (nSPS) is 10.2. The van der Waals surface area contributed by atoms with Crippen LogP contribution in [0.3, 0.4) is 0 Å². The Labute approximate surface area is 334 Å². The largest absolute Gasteiger partial charge is 0.491 e. The van der Waals surface area contributed by atoms with E-state index >= 15 is 0 Å². The van der Waals surface area contributed by atoms with Crippen molar-refractivity contribution in [2.75, 3.05) is 67.6 Å². The molecule has 0 atom stereocenters. The van der Waals surface area contributed by atoms with Crippen molar-refractivity contribution in [3.8, 4) is 11.5 Å². The average Bonchev–Trinajstić information content (AvgIpc) is 3.24. The highest BCUT2D eigenvalue weighted by molar-refractivity contribution is 5.63. The van der Waals surface area contributed by atoms with Gasteiger partial charge in [0.25, 0.3) is 5.69 Å². The average molecular weight is 799 g/mol. The molecule has 0 radical (unpaired) electrons. The Morgan fingerprint density at radius 1 is 0.586 bits per heavy atom. The number of rotatable bonds is 17. The number of hydrogen-bond acceptors (Lipinski definition) is 15. The predicted molar refractivity (Wildman–Crippen MR) is 220 cm³/mol. The molecule has 2 heterocycles. The third kappa shape index (κ3) is 14.2. The van der Waals surface area contributed by atoms with Crippen LogP contribution in [0.15, 0.2) is 109 Å². The summed E-state index contributed by atoms with van der Waals surface area (Å²) in [5.74, 6) is 0.658. The lowest BCUT2D eigenvalue weighted by molar-refractivity contribution is -0.384. The van der Waals surface area contributed by atoms with E-state index in [0.29, 0.717) is 54.9 Å². The van der Waals surface area contributed by atoms with Crippen LogP contribution < -0.4 is 36.5 Å². The van der Waals surface area contributed by atoms with Gasteiger partial charge in [-0.1, -0.05) is 13.8 Å². The number of aromatic nitrogens is 4. The molecule has 16 nitrogen and oxygen atoms in total. The topological polar surface area (TPSA) is 206 Å². The van der Waals surface area contributed by atoms with Crippen LogP contribution in [0, 0.1) is 21.7 Å². The summed E-state index contributed by atoms with van der Waals surface area (Å²) in [6.07, 6.45) is 2.14. The summed E-state index contributed by atoms with van der Waals surface area (Å²) in [6, 6.07) is 26.9. The molecular weight excluding hydrogens is 754 g/mol. The highest BCUT2D eigenvalue weighted by atomic mass is 19.1. The molecule has 4 aromatic carbocycles. The number of benzene rings is 4. The van der Waals surface area contributed by atoms with E-state index in [4.69, 9.17) is 24.7 Å². The summed E-state index contributed by atoms with van der Waals surface area (Å²) in [7, 11) is 3.22. The van der Waals surface area contributed by atoms with Gasteiger partial charge in [0.2, 0.25) is 11.9 Å². The van der Waals surface area contributed by atoms with E-state index in [2.05, 4.69) is 41.2 Å². The maximum atomic E-state index is 14.1. The number of nitrogen functional groups attached to an aromatic ring is 1. The van der Waals surface area contributed by atoms with Crippen LogP contribution in [0.2, 0.25) is 0 Å². The van der Waals surface area contributed by atoms with Gasteiger partial charge in [-0.3, -0.25) is 10.1 Å². The number of nitrogens with two attached hydrogens (primary N) is 1. The standard InChI is InChI=1S/C19H18FN5O4.C19H20FN5O2.C2H6/c1-28-10-11-29-16-8-4-14(5-9-16)23-19-21-12-17(20)18(24-19)22-13-2-6-15(7-3-13)25(26)27;1-26-10-11-27-16-8-6-15(7-9-16)24-19-22-12-17(20)18(25-19)23-14-4-2-13(21)3-5-14;1-2/h2-9,12H,10-11H2,1H3,(H2,21,22,23,24);2-9,12H,10-11,21H2,1H3,(H2,22,23,24,25);1-2H3. The number of nitro benzene ring substituents is 1. The van der Waals surface area contributed by atoms with Gasteiger partial charge in [0.1, 0.15) is 24.7 Å². The van der Waals surface area contributed by atoms with Crippen molar-refractivity contribution in [2.24, 2.45) is 0 Å². The van der Waals surface area contributed by atoms with E-state index in [1.807, 2.05) is 38.1 Å². The first-order valence-corrected chi connectivity index (χ1v) is 17.9. The minimum atomic E-state index is -0.657. The van der Waals surface area contributed by atoms with Crippen LogP contribution in [-0.2, 0) is 9.47 Å². The Balaban J connectivity index is 0.000000247. The minimum absolute atomic E-state index is 0.0594. The highest BCUT2D eigenvalue weighted by Crippen LogP contribution is 2.25. The fraction of sp³-hybridized carbons (Fsp3) is 0.200. The molecule has 0 saturated heterocycles. The number of methoxy groups -OCH3 is 2. The van der Waals surface area contributed by atoms with Gasteiger partial charge in [-0.15, -0.1) is 0 Å². The summed E-state index contributed by atoms with van der Waals surface area (Å²) < 4.78 is 48.9. The monoisotopic (exact) mass is 798 g/mol. The zero-order valence-corrected chi connectivity index (χ0v) is 32.2. The molecule has 6 N–H and O–H groups in total. The van der Waals surface area contributed by atoms with Crippen molar-refractivity contribution < 1.29 is 32.7 Å². The predicted octanol–water partition coefficient (Wildman–Crippen LogP) is 8.77. The molecule has 58 heavy (non-hydrogen) atoms. The molecular formula is C40H44F2N10O6. The van der Waals surface area contributed by atoms with Crippen molar-refractivity contribution in [2.45, 2.75) is 13.8 Å². The summed E-state index contributed by atoms with van der Waals surface area (Å²) >= 11 is 0. The van der Waals surface area contributed by atoms with Crippen LogP contribution in [0.25, 0.3) is 0 Å². The van der Waals surface area contributed by atoms with Crippen LogP contribution >= 0.6 is 0 Å². The molecule has 18 heteroatoms. The fourth-order valence-corrected chi connectivity index (χ4v) is 4.55. The summed E-state index contributed by atoms with van der Waals surface area (Å²) in [6.45, 7) is 5.94. The molecule has 2 aromatic heterocycles. The van der Waals surface area contributed by atoms with Gasteiger partial charge in [-0.25, -0.2) is 18.7 Å². The van der Waals surface area contributed by atoms with Crippen molar-refractivity contribution in [3.05, 3.63) is 131 Å². The number of nitro groups is 1. The number of nitrogens with zero attached hydrogens (tertiary/aromatic N) is 5. The lowest BCUT2D eigenvalue weighted by Crippen LogP contribution is -2.05. The maximum absolute atomic E-state index is 14.1. The quantitative estimate of drug-likeness (QED) is 0.0253. The molecule has 6 rings (SSSR count). The van der Waals surface area contributed by atoms with Crippen LogP contribution in [0.5, 0.6) is 11.5 Å². The molecule has 0 saturated carbocycles. The number of halogens is 2. The maximum Gasteiger partial charge on any atom is 0.269 e. The van der Waals surface area contributed by atoms with Crippen molar-refractivity contribution in [1.82, 2.24) is 19.9 Å². The van der Waals surface area contributed by atoms with E-state index in [1.165, 1.54) is 24.3 Å². The van der Waals surface area contributed by atoms with E-state index in [9.17, 15) is 18.9 Å². The highest BCUT2D eigenvalue weighted by Gasteiger charge is 2.11. The molecule has 0 unspecified atom stereocenters. The second-order valence-corrected chi connectivity index (χ2v) is 11.4. The van der Waals surface area contributed by atoms with E-state index in [-0.39, 0.29) is 29.2 Å². The number of anilines is 9. The van der Waals surface area contributed by atoms with Gasteiger partial charge in [0.05, 0.1) is 30.5 Å². The van der Waals surface area contributed by atoms with E-state index < -0.39 is 16.6 Å². The van der Waals surface area contributed by atoms with Gasteiger partial charge in [0.15, 0.2) is 23.3 Å². The Morgan fingerprint density at radius 2 is 0.948 bits per heavy atom. The summed E-state index contributed by atoms with van der Waals surface area (Å²) in [5, 5.41) is 22.4. The number of non-ortho nitro benzene ring substituents is 1. The zero-order valence-electron chi connectivity index (χ0n) is 32.2. The number of nitrogens with one attached hydrogen (secondary N) is 4. The third-order valence-electron chi connectivity index (χ3n) is 7.34. The van der Waals surface area contributed by atoms with Crippen LogP contribution in [0.4, 0.5) is 66.4 Å². The Kier molecular flexibility index (Phi) is 17.3. The second-order valence-electron chi connectivity index (χ2n) is 11.4. The van der Waals surface area contributed by atoms with E-state index in [1.54, 1.807) is 62.8 Å². The van der Waals surface area contributed by atoms with Gasteiger partial charge < -0.3 is 45.9 Å². The van der Waals surface area contributed by atoms with Crippen molar-refractivity contribution in [3.63, 3.8) is 0 Å². The van der Waals surface area contributed by atoms with Gasteiger partial charge >= 0.3 is 0 Å². The van der Waals surface area contributed by atoms with Crippen LogP contribution in [0.1, 0.15) is 13.8 Å². The lowest BCUT2D eigenvalue weighted by atomic mass is 10.3. The molecule has 0 aliphatic carbocycles. The molecule has 0 aliphatic rings. The van der Waals surface area contributed by atoms with E-state index in [0.717, 1.165) is 23.8 Å². The first-order valence-electron chi connectivity index (χ1n) is 17.9. The number of ether oxygens (including phenoxy) is 4. The molecule has 304 valence electrons.